The Bertz CT molecular complexity index is 943. The van der Waals surface area contributed by atoms with Crippen molar-refractivity contribution in [3.05, 3.63) is 64.1 Å². The van der Waals surface area contributed by atoms with E-state index in [0.29, 0.717) is 31.1 Å². The topological polar surface area (TPSA) is 74.7 Å². The lowest BCUT2D eigenvalue weighted by atomic mass is 9.96. The summed E-state index contributed by atoms with van der Waals surface area (Å²) in [4.78, 5) is 41.0. The third-order valence-electron chi connectivity index (χ3n) is 5.43. The monoisotopic (exact) mass is 396 g/mol. The summed E-state index contributed by atoms with van der Waals surface area (Å²) in [5.74, 6) is 0.0211. The van der Waals surface area contributed by atoms with E-state index in [1.54, 1.807) is 30.3 Å². The molecule has 2 heterocycles. The van der Waals surface area contributed by atoms with Crippen molar-refractivity contribution in [2.45, 2.75) is 12.8 Å². The predicted octanol–water partition coefficient (Wildman–Crippen LogP) is 1.73. The Hall–Kier alpha value is -3.09. The van der Waals surface area contributed by atoms with Crippen LogP contribution in [0.25, 0.3) is 0 Å². The van der Waals surface area contributed by atoms with Crippen molar-refractivity contribution in [1.29, 1.82) is 0 Å². The number of pyridine rings is 1. The largest absolute Gasteiger partial charge is 0.378 e. The Morgan fingerprint density at radius 1 is 1.14 bits per heavy atom. The fraction of sp³-hybridized carbons (Fsp3) is 0.409. The highest BCUT2D eigenvalue weighted by atomic mass is 16.2. The van der Waals surface area contributed by atoms with Gasteiger partial charge < -0.3 is 19.7 Å². The molecule has 3 rings (SSSR count). The molecule has 2 amide bonds. The molecule has 7 heteroatoms. The Labute approximate surface area is 170 Å². The number of hydrogen-bond acceptors (Lipinski definition) is 4. The van der Waals surface area contributed by atoms with E-state index in [4.69, 9.17) is 0 Å². The SMILES string of the molecule is CN(C)c1cccc(C(=O)NCC2CCN(C(=O)c3cccn(C)c3=O)CC2)c1. The maximum atomic E-state index is 12.7. The molecule has 1 aliphatic rings. The van der Waals surface area contributed by atoms with Crippen molar-refractivity contribution >= 4 is 17.5 Å². The molecule has 1 aromatic carbocycles. The van der Waals surface area contributed by atoms with Crippen LogP contribution >= 0.6 is 0 Å². The third-order valence-corrected chi connectivity index (χ3v) is 5.43. The first-order valence-electron chi connectivity index (χ1n) is 9.87. The molecular weight excluding hydrogens is 368 g/mol. The van der Waals surface area contributed by atoms with Crippen LogP contribution in [0.1, 0.15) is 33.6 Å². The Morgan fingerprint density at radius 3 is 2.55 bits per heavy atom. The van der Waals surface area contributed by atoms with Gasteiger partial charge in [-0.05, 0) is 49.1 Å². The highest BCUT2D eigenvalue weighted by Crippen LogP contribution is 2.18. The Balaban J connectivity index is 1.52. The number of piperidine rings is 1. The van der Waals surface area contributed by atoms with Gasteiger partial charge in [-0.1, -0.05) is 6.07 Å². The van der Waals surface area contributed by atoms with Crippen LogP contribution in [-0.2, 0) is 7.05 Å². The van der Waals surface area contributed by atoms with Gasteiger partial charge >= 0.3 is 0 Å². The second kappa shape index (κ2) is 8.94. The third kappa shape index (κ3) is 4.85. The van der Waals surface area contributed by atoms with E-state index in [1.807, 2.05) is 43.3 Å². The molecule has 0 aliphatic carbocycles. The van der Waals surface area contributed by atoms with Gasteiger partial charge in [0.2, 0.25) is 0 Å². The number of likely N-dealkylation sites (tertiary alicyclic amines) is 1. The first kappa shape index (κ1) is 20.6. The van der Waals surface area contributed by atoms with Gasteiger partial charge in [-0.3, -0.25) is 14.4 Å². The van der Waals surface area contributed by atoms with Crippen LogP contribution < -0.4 is 15.8 Å². The molecule has 1 fully saturated rings. The van der Waals surface area contributed by atoms with E-state index < -0.39 is 0 Å². The van der Waals surface area contributed by atoms with Crippen molar-refractivity contribution in [3.63, 3.8) is 0 Å². The predicted molar refractivity (Wildman–Crippen MR) is 113 cm³/mol. The van der Waals surface area contributed by atoms with Crippen LogP contribution in [0.2, 0.25) is 0 Å². The molecular formula is C22H28N4O3. The second-order valence-electron chi connectivity index (χ2n) is 7.73. The van der Waals surface area contributed by atoms with Gasteiger partial charge in [0.05, 0.1) is 0 Å². The normalized spacial score (nSPS) is 14.5. The summed E-state index contributed by atoms with van der Waals surface area (Å²) in [5, 5.41) is 3.01. The second-order valence-corrected chi connectivity index (χ2v) is 7.73. The molecule has 0 saturated carbocycles. The van der Waals surface area contributed by atoms with E-state index in [2.05, 4.69) is 5.32 Å². The van der Waals surface area contributed by atoms with Crippen molar-refractivity contribution in [1.82, 2.24) is 14.8 Å². The lowest BCUT2D eigenvalue weighted by molar-refractivity contribution is 0.0682. The number of benzene rings is 1. The van der Waals surface area contributed by atoms with Gasteiger partial charge in [0.15, 0.2) is 0 Å². The summed E-state index contributed by atoms with van der Waals surface area (Å²) in [6, 6.07) is 10.8. The molecule has 1 saturated heterocycles. The minimum absolute atomic E-state index is 0.0833. The molecule has 29 heavy (non-hydrogen) atoms. The van der Waals surface area contributed by atoms with Gasteiger partial charge in [-0.2, -0.15) is 0 Å². The number of carbonyl (C=O) groups is 2. The molecule has 2 aromatic rings. The quantitative estimate of drug-likeness (QED) is 0.835. The zero-order valence-electron chi connectivity index (χ0n) is 17.2. The number of anilines is 1. The average molecular weight is 396 g/mol. The van der Waals surface area contributed by atoms with E-state index in [-0.39, 0.29) is 22.9 Å². The number of aryl methyl sites for hydroxylation is 1. The molecule has 1 aromatic heterocycles. The average Bonchev–Trinajstić information content (AvgIpc) is 2.74. The first-order valence-corrected chi connectivity index (χ1v) is 9.87. The summed E-state index contributed by atoms with van der Waals surface area (Å²) < 4.78 is 1.42. The Kier molecular flexibility index (Phi) is 6.36. The summed E-state index contributed by atoms with van der Waals surface area (Å²) in [6.07, 6.45) is 3.25. The minimum Gasteiger partial charge on any atom is -0.378 e. The maximum Gasteiger partial charge on any atom is 0.263 e. The van der Waals surface area contributed by atoms with Gasteiger partial charge in [-0.25, -0.2) is 0 Å². The minimum atomic E-state index is -0.271. The number of nitrogens with one attached hydrogen (secondary N) is 1. The number of aromatic nitrogens is 1. The molecule has 7 nitrogen and oxygen atoms in total. The Morgan fingerprint density at radius 2 is 1.86 bits per heavy atom. The van der Waals surface area contributed by atoms with Gasteiger partial charge in [-0.15, -0.1) is 0 Å². The summed E-state index contributed by atoms with van der Waals surface area (Å²) in [6.45, 7) is 1.77. The lowest BCUT2D eigenvalue weighted by Gasteiger charge is -2.32. The zero-order valence-corrected chi connectivity index (χ0v) is 17.2. The first-order chi connectivity index (χ1) is 13.9. The van der Waals surface area contributed by atoms with E-state index in [1.165, 1.54) is 4.57 Å². The molecule has 1 N–H and O–H groups in total. The fourth-order valence-corrected chi connectivity index (χ4v) is 3.54. The van der Waals surface area contributed by atoms with E-state index in [9.17, 15) is 14.4 Å². The molecule has 0 unspecified atom stereocenters. The molecule has 154 valence electrons. The summed E-state index contributed by atoms with van der Waals surface area (Å²) in [5.41, 5.74) is 1.56. The van der Waals surface area contributed by atoms with Crippen LogP contribution in [0.4, 0.5) is 5.69 Å². The van der Waals surface area contributed by atoms with E-state index >= 15 is 0 Å². The van der Waals surface area contributed by atoms with Gasteiger partial charge in [0.1, 0.15) is 5.56 Å². The van der Waals surface area contributed by atoms with Crippen molar-refractivity contribution in [2.24, 2.45) is 13.0 Å². The van der Waals surface area contributed by atoms with Crippen LogP contribution in [0.15, 0.2) is 47.4 Å². The van der Waals surface area contributed by atoms with Gasteiger partial charge in [0.25, 0.3) is 17.4 Å². The standard InChI is InChI=1S/C22H28N4O3/c1-24(2)18-7-4-6-17(14-18)20(27)23-15-16-9-12-26(13-10-16)22(29)19-8-5-11-25(3)21(19)28/h4-8,11,14,16H,9-10,12-13,15H2,1-3H3,(H,23,27). The molecule has 0 spiro atoms. The number of nitrogens with zero attached hydrogens (tertiary/aromatic N) is 3. The highest BCUT2D eigenvalue weighted by Gasteiger charge is 2.25. The number of hydrogen-bond donors (Lipinski definition) is 1. The smallest absolute Gasteiger partial charge is 0.263 e. The fourth-order valence-electron chi connectivity index (χ4n) is 3.54. The molecule has 0 radical (unpaired) electrons. The van der Waals surface area contributed by atoms with E-state index in [0.717, 1.165) is 18.5 Å². The highest BCUT2D eigenvalue weighted by molar-refractivity contribution is 5.95. The number of carbonyl (C=O) groups excluding carboxylic acids is 2. The van der Waals surface area contributed by atoms with Crippen LogP contribution in [0.5, 0.6) is 0 Å². The lowest BCUT2D eigenvalue weighted by Crippen LogP contribution is -2.43. The maximum absolute atomic E-state index is 12.7. The van der Waals surface area contributed by atoms with Crippen LogP contribution in [0, 0.1) is 5.92 Å². The summed E-state index contributed by atoms with van der Waals surface area (Å²) in [7, 11) is 5.52. The number of rotatable bonds is 5. The van der Waals surface area contributed by atoms with Crippen molar-refractivity contribution in [2.75, 3.05) is 38.6 Å². The van der Waals surface area contributed by atoms with Crippen LogP contribution in [0.3, 0.4) is 0 Å². The van der Waals surface area contributed by atoms with Gasteiger partial charge in [0, 0.05) is 58.2 Å². The van der Waals surface area contributed by atoms with Crippen molar-refractivity contribution in [3.8, 4) is 0 Å². The summed E-state index contributed by atoms with van der Waals surface area (Å²) >= 11 is 0. The molecule has 0 atom stereocenters. The number of amides is 2. The van der Waals surface area contributed by atoms with Crippen molar-refractivity contribution < 1.29 is 9.59 Å². The molecule has 1 aliphatic heterocycles. The zero-order chi connectivity index (χ0) is 21.0. The molecule has 0 bridgehead atoms. The van der Waals surface area contributed by atoms with Crippen LogP contribution in [-0.4, -0.2) is 55.0 Å².